The van der Waals surface area contributed by atoms with Gasteiger partial charge in [0.1, 0.15) is 18.6 Å². The summed E-state index contributed by atoms with van der Waals surface area (Å²) >= 11 is 1.69. The quantitative estimate of drug-likeness (QED) is 0.589. The largest absolute Gasteiger partial charge is 0.492 e. The van der Waals surface area contributed by atoms with Crippen molar-refractivity contribution < 1.29 is 9.53 Å². The van der Waals surface area contributed by atoms with Crippen LogP contribution in [-0.2, 0) is 0 Å². The molecule has 0 amide bonds. The molecule has 0 N–H and O–H groups in total. The molecule has 128 valence electrons. The summed E-state index contributed by atoms with van der Waals surface area (Å²) in [5.41, 5.74) is 2.89. The predicted molar refractivity (Wildman–Crippen MR) is 103 cm³/mol. The van der Waals surface area contributed by atoms with Crippen molar-refractivity contribution in [3.8, 4) is 16.2 Å². The fourth-order valence-corrected chi connectivity index (χ4v) is 3.50. The fraction of sp³-hybridized carbons (Fsp3) is 0.200. The third kappa shape index (κ3) is 4.25. The van der Waals surface area contributed by atoms with Gasteiger partial charge in [0, 0.05) is 12.6 Å². The van der Waals surface area contributed by atoms with Gasteiger partial charge in [-0.25, -0.2) is 4.98 Å². The zero-order valence-corrected chi connectivity index (χ0v) is 15.1. The van der Waals surface area contributed by atoms with E-state index >= 15 is 0 Å². The molecule has 0 aliphatic rings. The number of likely N-dealkylation sites (N-methyl/N-ethyl adjacent to an activating group) is 1. The molecule has 1 heterocycles. The summed E-state index contributed by atoms with van der Waals surface area (Å²) in [5.74, 6) is 0.763. The normalized spacial score (nSPS) is 10.5. The van der Waals surface area contributed by atoms with Crippen LogP contribution in [0.3, 0.4) is 0 Å². The molecule has 0 atom stereocenters. The third-order valence-electron chi connectivity index (χ3n) is 3.86. The molecule has 1 aromatic heterocycles. The standard InChI is InChI=1S/C20H20N2O2S/c1-15-19(17-6-4-3-5-7-17)25-20(21-15)22(2)12-13-24-18-10-8-16(14-23)9-11-18/h3-11,14H,12-13H2,1-2H3. The summed E-state index contributed by atoms with van der Waals surface area (Å²) < 4.78 is 5.74. The number of hydrogen-bond acceptors (Lipinski definition) is 5. The van der Waals surface area contributed by atoms with Crippen LogP contribution < -0.4 is 9.64 Å². The molecule has 5 heteroatoms. The Balaban J connectivity index is 1.59. The van der Waals surface area contributed by atoms with Crippen molar-refractivity contribution in [2.45, 2.75) is 6.92 Å². The topological polar surface area (TPSA) is 42.4 Å². The first-order chi connectivity index (χ1) is 12.2. The lowest BCUT2D eigenvalue weighted by molar-refractivity contribution is 0.112. The Morgan fingerprint density at radius 2 is 1.84 bits per heavy atom. The number of benzene rings is 2. The Bertz CT molecular complexity index is 829. The minimum absolute atomic E-state index is 0.552. The van der Waals surface area contributed by atoms with Gasteiger partial charge in [-0.1, -0.05) is 41.7 Å². The zero-order chi connectivity index (χ0) is 17.6. The maximum Gasteiger partial charge on any atom is 0.185 e. The predicted octanol–water partition coefficient (Wildman–Crippen LogP) is 4.45. The number of thiazole rings is 1. The molecule has 3 aromatic rings. The smallest absolute Gasteiger partial charge is 0.185 e. The van der Waals surface area contributed by atoms with Crippen molar-refractivity contribution >= 4 is 22.8 Å². The van der Waals surface area contributed by atoms with Crippen molar-refractivity contribution in [2.75, 3.05) is 25.1 Å². The van der Waals surface area contributed by atoms with E-state index in [-0.39, 0.29) is 0 Å². The van der Waals surface area contributed by atoms with E-state index in [4.69, 9.17) is 4.74 Å². The van der Waals surface area contributed by atoms with Gasteiger partial charge in [0.15, 0.2) is 5.13 Å². The van der Waals surface area contributed by atoms with Crippen LogP contribution in [0.2, 0.25) is 0 Å². The number of ether oxygens (including phenoxy) is 1. The van der Waals surface area contributed by atoms with E-state index in [0.29, 0.717) is 12.2 Å². The van der Waals surface area contributed by atoms with Crippen LogP contribution in [0.5, 0.6) is 5.75 Å². The van der Waals surface area contributed by atoms with Gasteiger partial charge < -0.3 is 9.64 Å². The number of rotatable bonds is 7. The molecule has 0 saturated heterocycles. The molecular formula is C20H20N2O2S. The summed E-state index contributed by atoms with van der Waals surface area (Å²) in [6.07, 6.45) is 0.826. The highest BCUT2D eigenvalue weighted by molar-refractivity contribution is 7.19. The van der Waals surface area contributed by atoms with E-state index in [2.05, 4.69) is 22.0 Å². The number of aromatic nitrogens is 1. The van der Waals surface area contributed by atoms with Gasteiger partial charge in [0.05, 0.1) is 17.1 Å². The van der Waals surface area contributed by atoms with E-state index in [1.165, 1.54) is 10.4 Å². The highest BCUT2D eigenvalue weighted by Crippen LogP contribution is 2.33. The van der Waals surface area contributed by atoms with E-state index in [9.17, 15) is 4.79 Å². The molecule has 0 spiro atoms. The van der Waals surface area contributed by atoms with Crippen LogP contribution in [-0.4, -0.2) is 31.5 Å². The Labute approximate surface area is 151 Å². The molecule has 0 fully saturated rings. The lowest BCUT2D eigenvalue weighted by Crippen LogP contribution is -2.23. The summed E-state index contributed by atoms with van der Waals surface area (Å²) in [7, 11) is 2.02. The molecule has 4 nitrogen and oxygen atoms in total. The van der Waals surface area contributed by atoms with Gasteiger partial charge in [-0.2, -0.15) is 0 Å². The van der Waals surface area contributed by atoms with Gasteiger partial charge in [0.25, 0.3) is 0 Å². The molecule has 0 aliphatic carbocycles. The van der Waals surface area contributed by atoms with Gasteiger partial charge >= 0.3 is 0 Å². The average Bonchev–Trinajstić information content (AvgIpc) is 3.05. The first-order valence-electron chi connectivity index (χ1n) is 8.09. The molecule has 25 heavy (non-hydrogen) atoms. The highest BCUT2D eigenvalue weighted by atomic mass is 32.1. The molecule has 3 rings (SSSR count). The van der Waals surface area contributed by atoms with Crippen LogP contribution in [0.15, 0.2) is 54.6 Å². The molecule has 0 radical (unpaired) electrons. The van der Waals surface area contributed by atoms with Crippen molar-refractivity contribution in [1.29, 1.82) is 0 Å². The van der Waals surface area contributed by atoms with E-state index < -0.39 is 0 Å². The average molecular weight is 352 g/mol. The lowest BCUT2D eigenvalue weighted by Gasteiger charge is -2.16. The van der Waals surface area contributed by atoms with E-state index in [1.807, 2.05) is 44.3 Å². The molecule has 0 bridgehead atoms. The number of aryl methyl sites for hydroxylation is 1. The van der Waals surface area contributed by atoms with Gasteiger partial charge in [0.2, 0.25) is 0 Å². The van der Waals surface area contributed by atoms with Crippen LogP contribution in [0, 0.1) is 6.92 Å². The fourth-order valence-electron chi connectivity index (χ4n) is 2.44. The van der Waals surface area contributed by atoms with Crippen molar-refractivity contribution in [3.05, 3.63) is 65.9 Å². The van der Waals surface area contributed by atoms with E-state index in [1.54, 1.807) is 23.5 Å². The molecular weight excluding hydrogens is 332 g/mol. The zero-order valence-electron chi connectivity index (χ0n) is 14.3. The minimum Gasteiger partial charge on any atom is -0.492 e. The first-order valence-corrected chi connectivity index (χ1v) is 8.91. The SMILES string of the molecule is Cc1nc(N(C)CCOc2ccc(C=O)cc2)sc1-c1ccccc1. The van der Waals surface area contributed by atoms with Crippen molar-refractivity contribution in [1.82, 2.24) is 4.98 Å². The Kier molecular flexibility index (Phi) is 5.46. The van der Waals surface area contributed by atoms with Crippen LogP contribution in [0.1, 0.15) is 16.1 Å². The number of carbonyl (C=O) groups is 1. The van der Waals surface area contributed by atoms with Gasteiger partial charge in [-0.05, 0) is 36.8 Å². The number of anilines is 1. The first kappa shape index (κ1) is 17.2. The molecule has 0 aliphatic heterocycles. The van der Waals surface area contributed by atoms with Crippen LogP contribution in [0.25, 0.3) is 10.4 Å². The molecule has 2 aromatic carbocycles. The monoisotopic (exact) mass is 352 g/mol. The lowest BCUT2D eigenvalue weighted by atomic mass is 10.2. The van der Waals surface area contributed by atoms with Crippen LogP contribution in [0.4, 0.5) is 5.13 Å². The number of aldehydes is 1. The maximum atomic E-state index is 10.7. The van der Waals surface area contributed by atoms with Crippen LogP contribution >= 0.6 is 11.3 Å². The Morgan fingerprint density at radius 3 is 2.52 bits per heavy atom. The number of hydrogen-bond donors (Lipinski definition) is 0. The summed E-state index contributed by atoms with van der Waals surface area (Å²) in [6.45, 7) is 3.33. The summed E-state index contributed by atoms with van der Waals surface area (Å²) in [4.78, 5) is 18.6. The maximum absolute atomic E-state index is 10.7. The molecule has 0 unspecified atom stereocenters. The Hall–Kier alpha value is -2.66. The van der Waals surface area contributed by atoms with Crippen molar-refractivity contribution in [2.24, 2.45) is 0 Å². The van der Waals surface area contributed by atoms with Crippen molar-refractivity contribution in [3.63, 3.8) is 0 Å². The minimum atomic E-state index is 0.552. The second kappa shape index (κ2) is 7.94. The highest BCUT2D eigenvalue weighted by Gasteiger charge is 2.12. The summed E-state index contributed by atoms with van der Waals surface area (Å²) in [5, 5.41) is 0.983. The second-order valence-electron chi connectivity index (χ2n) is 5.73. The van der Waals surface area contributed by atoms with Gasteiger partial charge in [-0.3, -0.25) is 4.79 Å². The van der Waals surface area contributed by atoms with E-state index in [0.717, 1.165) is 29.4 Å². The number of nitrogens with zero attached hydrogens (tertiary/aromatic N) is 2. The molecule has 0 saturated carbocycles. The summed E-state index contributed by atoms with van der Waals surface area (Å²) in [6, 6.07) is 17.4. The third-order valence-corrected chi connectivity index (χ3v) is 5.18. The number of carbonyl (C=O) groups excluding carboxylic acids is 1. The Morgan fingerprint density at radius 1 is 1.12 bits per heavy atom. The second-order valence-corrected chi connectivity index (χ2v) is 6.71. The van der Waals surface area contributed by atoms with Gasteiger partial charge in [-0.15, -0.1) is 0 Å².